The summed E-state index contributed by atoms with van der Waals surface area (Å²) < 4.78 is 5.18. The second-order valence-electron chi connectivity index (χ2n) is 4.27. The minimum atomic E-state index is 0.522. The highest BCUT2D eigenvalue weighted by molar-refractivity contribution is 6.32. The Morgan fingerprint density at radius 3 is 2.62 bits per heavy atom. The predicted molar refractivity (Wildman–Crippen MR) is 69.6 cm³/mol. The number of hydrogen-bond acceptors (Lipinski definition) is 2. The van der Waals surface area contributed by atoms with Crippen LogP contribution in [0.25, 0.3) is 0 Å². The van der Waals surface area contributed by atoms with E-state index in [4.69, 9.17) is 16.3 Å². The summed E-state index contributed by atoms with van der Waals surface area (Å²) in [5, 5.41) is 4.08. The summed E-state index contributed by atoms with van der Waals surface area (Å²) in [6, 6.07) is 4.51. The van der Waals surface area contributed by atoms with Crippen LogP contribution in [-0.4, -0.2) is 19.7 Å². The molecule has 3 heteroatoms. The number of benzene rings is 1. The summed E-state index contributed by atoms with van der Waals surface area (Å²) in [6.45, 7) is 7.35. The zero-order chi connectivity index (χ0) is 12.1. The molecule has 0 atom stereocenters. The van der Waals surface area contributed by atoms with E-state index in [1.807, 2.05) is 12.1 Å². The third-order valence-corrected chi connectivity index (χ3v) is 2.85. The molecule has 1 rings (SSSR count). The van der Waals surface area contributed by atoms with Gasteiger partial charge in [-0.2, -0.15) is 0 Å². The summed E-state index contributed by atoms with van der Waals surface area (Å²) in [4.78, 5) is 0. The van der Waals surface area contributed by atoms with E-state index in [1.165, 1.54) is 11.1 Å². The van der Waals surface area contributed by atoms with Crippen LogP contribution in [-0.2, 0) is 6.42 Å². The number of methoxy groups -OCH3 is 1. The number of rotatable bonds is 5. The van der Waals surface area contributed by atoms with Gasteiger partial charge in [-0.3, -0.25) is 0 Å². The van der Waals surface area contributed by atoms with Crippen LogP contribution >= 0.6 is 11.6 Å². The standard InChI is InChI=1S/C13H20ClNO/c1-9(2)15-6-5-11-8-12(14)13(16-4)7-10(11)3/h7-9,15H,5-6H2,1-4H3. The van der Waals surface area contributed by atoms with Crippen LogP contribution in [0.4, 0.5) is 0 Å². The third kappa shape index (κ3) is 3.69. The minimum absolute atomic E-state index is 0.522. The Morgan fingerprint density at radius 2 is 2.06 bits per heavy atom. The monoisotopic (exact) mass is 241 g/mol. The van der Waals surface area contributed by atoms with E-state index in [-0.39, 0.29) is 0 Å². The van der Waals surface area contributed by atoms with Gasteiger partial charge in [-0.05, 0) is 43.1 Å². The highest BCUT2D eigenvalue weighted by atomic mass is 35.5. The van der Waals surface area contributed by atoms with Gasteiger partial charge in [0.2, 0.25) is 0 Å². The predicted octanol–water partition coefficient (Wildman–Crippen LogP) is 3.20. The number of halogens is 1. The van der Waals surface area contributed by atoms with Crippen molar-refractivity contribution in [3.8, 4) is 5.75 Å². The van der Waals surface area contributed by atoms with E-state index in [2.05, 4.69) is 26.1 Å². The Labute approximate surface area is 103 Å². The first-order valence-electron chi connectivity index (χ1n) is 5.61. The summed E-state index contributed by atoms with van der Waals surface area (Å²) in [5.41, 5.74) is 2.51. The molecule has 16 heavy (non-hydrogen) atoms. The lowest BCUT2D eigenvalue weighted by Crippen LogP contribution is -2.25. The van der Waals surface area contributed by atoms with Crippen molar-refractivity contribution in [1.82, 2.24) is 5.32 Å². The van der Waals surface area contributed by atoms with Gasteiger partial charge in [0, 0.05) is 6.04 Å². The molecule has 0 unspecified atom stereocenters. The fraction of sp³-hybridized carbons (Fsp3) is 0.538. The molecule has 0 aliphatic heterocycles. The van der Waals surface area contributed by atoms with Crippen molar-refractivity contribution in [1.29, 1.82) is 0 Å². The van der Waals surface area contributed by atoms with Crippen LogP contribution in [0.1, 0.15) is 25.0 Å². The Kier molecular flexibility index (Phi) is 5.10. The van der Waals surface area contributed by atoms with E-state index in [0.29, 0.717) is 11.1 Å². The highest BCUT2D eigenvalue weighted by Crippen LogP contribution is 2.27. The fourth-order valence-electron chi connectivity index (χ4n) is 1.62. The van der Waals surface area contributed by atoms with Gasteiger partial charge in [-0.25, -0.2) is 0 Å². The van der Waals surface area contributed by atoms with Gasteiger partial charge in [0.15, 0.2) is 0 Å². The second kappa shape index (κ2) is 6.12. The van der Waals surface area contributed by atoms with Crippen molar-refractivity contribution < 1.29 is 4.74 Å². The molecule has 0 bridgehead atoms. The van der Waals surface area contributed by atoms with Crippen molar-refractivity contribution in [2.45, 2.75) is 33.2 Å². The van der Waals surface area contributed by atoms with Crippen molar-refractivity contribution >= 4 is 11.6 Å². The molecule has 0 spiro atoms. The SMILES string of the molecule is COc1cc(C)c(CCNC(C)C)cc1Cl. The zero-order valence-electron chi connectivity index (χ0n) is 10.4. The first-order valence-corrected chi connectivity index (χ1v) is 5.98. The van der Waals surface area contributed by atoms with Crippen molar-refractivity contribution in [2.24, 2.45) is 0 Å². The van der Waals surface area contributed by atoms with Crippen LogP contribution in [0.15, 0.2) is 12.1 Å². The van der Waals surface area contributed by atoms with Crippen LogP contribution < -0.4 is 10.1 Å². The van der Waals surface area contributed by atoms with Gasteiger partial charge in [0.25, 0.3) is 0 Å². The number of nitrogens with one attached hydrogen (secondary N) is 1. The number of hydrogen-bond donors (Lipinski definition) is 1. The molecule has 0 heterocycles. The maximum Gasteiger partial charge on any atom is 0.137 e. The summed E-state index contributed by atoms with van der Waals surface area (Å²) in [6.07, 6.45) is 0.994. The lowest BCUT2D eigenvalue weighted by atomic mass is 10.1. The summed E-state index contributed by atoms with van der Waals surface area (Å²) in [5.74, 6) is 0.750. The Balaban J connectivity index is 2.70. The first-order chi connectivity index (χ1) is 7.54. The van der Waals surface area contributed by atoms with Crippen LogP contribution in [0.3, 0.4) is 0 Å². The molecule has 0 fully saturated rings. The van der Waals surface area contributed by atoms with E-state index >= 15 is 0 Å². The first kappa shape index (κ1) is 13.3. The molecule has 0 aliphatic carbocycles. The van der Waals surface area contributed by atoms with Crippen molar-refractivity contribution in [3.63, 3.8) is 0 Å². The molecule has 0 amide bonds. The average Bonchev–Trinajstić information content (AvgIpc) is 2.22. The third-order valence-electron chi connectivity index (χ3n) is 2.56. The lowest BCUT2D eigenvalue weighted by molar-refractivity contribution is 0.414. The van der Waals surface area contributed by atoms with E-state index in [0.717, 1.165) is 18.7 Å². The van der Waals surface area contributed by atoms with Gasteiger partial charge in [0.05, 0.1) is 12.1 Å². The zero-order valence-corrected chi connectivity index (χ0v) is 11.2. The van der Waals surface area contributed by atoms with Crippen LogP contribution in [0.5, 0.6) is 5.75 Å². The van der Waals surface area contributed by atoms with E-state index in [9.17, 15) is 0 Å². The van der Waals surface area contributed by atoms with Gasteiger partial charge in [0.1, 0.15) is 5.75 Å². The van der Waals surface area contributed by atoms with Crippen molar-refractivity contribution in [2.75, 3.05) is 13.7 Å². The Hall–Kier alpha value is -0.730. The van der Waals surface area contributed by atoms with E-state index in [1.54, 1.807) is 7.11 Å². The largest absolute Gasteiger partial charge is 0.495 e. The molecule has 1 aromatic rings. The Morgan fingerprint density at radius 1 is 1.38 bits per heavy atom. The van der Waals surface area contributed by atoms with Gasteiger partial charge >= 0.3 is 0 Å². The maximum atomic E-state index is 6.10. The molecule has 2 nitrogen and oxygen atoms in total. The molecule has 0 saturated carbocycles. The molecule has 1 N–H and O–H groups in total. The molecule has 1 aromatic carbocycles. The highest BCUT2D eigenvalue weighted by Gasteiger charge is 2.06. The maximum absolute atomic E-state index is 6.10. The molecular weight excluding hydrogens is 222 g/mol. The number of ether oxygens (including phenoxy) is 1. The fourth-order valence-corrected chi connectivity index (χ4v) is 1.88. The van der Waals surface area contributed by atoms with Gasteiger partial charge < -0.3 is 10.1 Å². The lowest BCUT2D eigenvalue weighted by Gasteiger charge is -2.12. The Bertz CT molecular complexity index is 350. The molecular formula is C13H20ClNO. The van der Waals surface area contributed by atoms with Crippen molar-refractivity contribution in [3.05, 3.63) is 28.3 Å². The second-order valence-corrected chi connectivity index (χ2v) is 4.68. The van der Waals surface area contributed by atoms with Crippen LogP contribution in [0.2, 0.25) is 5.02 Å². The summed E-state index contributed by atoms with van der Waals surface area (Å²) >= 11 is 6.10. The van der Waals surface area contributed by atoms with E-state index < -0.39 is 0 Å². The summed E-state index contributed by atoms with van der Waals surface area (Å²) in [7, 11) is 1.64. The molecule has 0 radical (unpaired) electrons. The smallest absolute Gasteiger partial charge is 0.137 e. The number of aryl methyl sites for hydroxylation is 1. The molecule has 0 aliphatic rings. The topological polar surface area (TPSA) is 21.3 Å². The van der Waals surface area contributed by atoms with Gasteiger partial charge in [-0.1, -0.05) is 25.4 Å². The quantitative estimate of drug-likeness (QED) is 0.855. The molecule has 90 valence electrons. The van der Waals surface area contributed by atoms with Crippen LogP contribution in [0, 0.1) is 6.92 Å². The normalized spacial score (nSPS) is 10.9. The average molecular weight is 242 g/mol. The molecule has 0 aromatic heterocycles. The van der Waals surface area contributed by atoms with Gasteiger partial charge in [-0.15, -0.1) is 0 Å². The molecule has 0 saturated heterocycles. The minimum Gasteiger partial charge on any atom is -0.495 e.